The number of thiazole rings is 1. The zero-order valence-corrected chi connectivity index (χ0v) is 16.7. The molecule has 1 saturated carbocycles. The summed E-state index contributed by atoms with van der Waals surface area (Å²) in [5.74, 6) is 1.35. The molecule has 1 amide bonds. The number of rotatable bonds is 5. The van der Waals surface area contributed by atoms with Gasteiger partial charge in [-0.3, -0.25) is 4.79 Å². The van der Waals surface area contributed by atoms with Gasteiger partial charge in [-0.2, -0.15) is 4.98 Å². The highest BCUT2D eigenvalue weighted by Gasteiger charge is 2.46. The molecule has 6 nitrogen and oxygen atoms in total. The number of aromatic nitrogens is 3. The first-order valence-corrected chi connectivity index (χ1v) is 10.8. The van der Waals surface area contributed by atoms with Crippen molar-refractivity contribution in [2.75, 3.05) is 13.1 Å². The fourth-order valence-electron chi connectivity index (χ4n) is 4.25. The van der Waals surface area contributed by atoms with Crippen molar-refractivity contribution in [3.8, 4) is 11.5 Å². The summed E-state index contributed by atoms with van der Waals surface area (Å²) in [6.45, 7) is 1.29. The number of carbonyl (C=O) groups excluding carboxylic acids is 1. The Morgan fingerprint density at radius 3 is 2.86 bits per heavy atom. The quantitative estimate of drug-likeness (QED) is 0.625. The molecule has 0 bridgehead atoms. The first kappa shape index (κ1) is 18.4. The standard InChI is InChI=1S/C21H21FN4O2S/c22-16-6-4-15(5-7-16)18-24-20(25-28-18)21(10-14-2-3-14)8-1-9-26(12-21)19(27)17-11-29-13-23-17/h4-7,11,13-14H,1-3,8-10,12H2. The van der Waals surface area contributed by atoms with Gasteiger partial charge < -0.3 is 9.42 Å². The van der Waals surface area contributed by atoms with Crippen LogP contribution in [0.25, 0.3) is 11.5 Å². The van der Waals surface area contributed by atoms with Gasteiger partial charge in [0.05, 0.1) is 10.9 Å². The van der Waals surface area contributed by atoms with Gasteiger partial charge in [0.2, 0.25) is 0 Å². The SMILES string of the molecule is O=C(c1cscn1)N1CCCC(CC2CC2)(c2noc(-c3ccc(F)cc3)n2)C1. The lowest BCUT2D eigenvalue weighted by Crippen LogP contribution is -2.49. The van der Waals surface area contributed by atoms with E-state index in [9.17, 15) is 9.18 Å². The van der Waals surface area contributed by atoms with Gasteiger partial charge in [-0.1, -0.05) is 18.0 Å². The van der Waals surface area contributed by atoms with E-state index >= 15 is 0 Å². The smallest absolute Gasteiger partial charge is 0.273 e. The minimum Gasteiger partial charge on any atom is -0.336 e. The Morgan fingerprint density at radius 1 is 1.31 bits per heavy atom. The second kappa shape index (κ2) is 7.33. The minimum absolute atomic E-state index is 0.0339. The molecule has 0 radical (unpaired) electrons. The molecule has 3 aromatic rings. The van der Waals surface area contributed by atoms with Crippen LogP contribution < -0.4 is 0 Å². The molecular weight excluding hydrogens is 391 g/mol. The number of halogens is 1. The molecule has 0 N–H and O–H groups in total. The van der Waals surface area contributed by atoms with Crippen molar-refractivity contribution in [3.05, 3.63) is 52.5 Å². The van der Waals surface area contributed by atoms with E-state index in [-0.39, 0.29) is 17.1 Å². The van der Waals surface area contributed by atoms with E-state index in [0.29, 0.717) is 42.0 Å². The molecule has 1 aliphatic heterocycles. The summed E-state index contributed by atoms with van der Waals surface area (Å²) >= 11 is 1.43. The van der Waals surface area contributed by atoms with E-state index in [1.165, 1.54) is 36.3 Å². The summed E-state index contributed by atoms with van der Waals surface area (Å²) in [6.07, 6.45) is 5.20. The molecule has 0 spiro atoms. The number of likely N-dealkylation sites (tertiary alicyclic amines) is 1. The van der Waals surface area contributed by atoms with Crippen LogP contribution in [0, 0.1) is 11.7 Å². The monoisotopic (exact) mass is 412 g/mol. The van der Waals surface area contributed by atoms with Crippen molar-refractivity contribution in [2.45, 2.75) is 37.5 Å². The average molecular weight is 412 g/mol. The normalized spacial score (nSPS) is 22.0. The van der Waals surface area contributed by atoms with E-state index in [0.717, 1.165) is 19.3 Å². The first-order valence-electron chi connectivity index (χ1n) is 9.91. The molecule has 3 heterocycles. The lowest BCUT2D eigenvalue weighted by atomic mass is 9.74. The molecule has 1 saturated heterocycles. The lowest BCUT2D eigenvalue weighted by molar-refractivity contribution is 0.0602. The third-order valence-electron chi connectivity index (χ3n) is 5.88. The number of benzene rings is 1. The van der Waals surface area contributed by atoms with Crippen LogP contribution in [0.5, 0.6) is 0 Å². The highest BCUT2D eigenvalue weighted by Crippen LogP contribution is 2.46. The summed E-state index contributed by atoms with van der Waals surface area (Å²) in [5, 5.41) is 6.11. The molecule has 2 aliphatic rings. The molecule has 29 heavy (non-hydrogen) atoms. The Morgan fingerprint density at radius 2 is 2.14 bits per heavy atom. The summed E-state index contributed by atoms with van der Waals surface area (Å²) in [5.41, 5.74) is 2.56. The molecule has 8 heteroatoms. The molecule has 5 rings (SSSR count). The van der Waals surface area contributed by atoms with Crippen molar-refractivity contribution < 1.29 is 13.7 Å². The van der Waals surface area contributed by atoms with Gasteiger partial charge in [0.15, 0.2) is 5.82 Å². The highest BCUT2D eigenvalue weighted by molar-refractivity contribution is 7.07. The molecule has 1 unspecified atom stereocenters. The van der Waals surface area contributed by atoms with E-state index in [1.54, 1.807) is 23.0 Å². The molecule has 1 aliphatic carbocycles. The molecule has 150 valence electrons. The Labute approximate surface area is 171 Å². The van der Waals surface area contributed by atoms with Gasteiger partial charge in [-0.05, 0) is 49.4 Å². The molecule has 2 fully saturated rings. The largest absolute Gasteiger partial charge is 0.336 e. The van der Waals surface area contributed by atoms with Gasteiger partial charge in [0.25, 0.3) is 11.8 Å². The second-order valence-electron chi connectivity index (χ2n) is 8.06. The summed E-state index contributed by atoms with van der Waals surface area (Å²) in [6, 6.07) is 6.04. The number of nitrogens with zero attached hydrogens (tertiary/aromatic N) is 4. The fraction of sp³-hybridized carbons (Fsp3) is 0.429. The van der Waals surface area contributed by atoms with Crippen molar-refractivity contribution in [3.63, 3.8) is 0 Å². The van der Waals surface area contributed by atoms with Gasteiger partial charge in [-0.15, -0.1) is 11.3 Å². The zero-order valence-electron chi connectivity index (χ0n) is 15.9. The van der Waals surface area contributed by atoms with Crippen molar-refractivity contribution in [2.24, 2.45) is 5.92 Å². The molecule has 1 atom stereocenters. The van der Waals surface area contributed by atoms with Crippen LogP contribution in [0.3, 0.4) is 0 Å². The highest BCUT2D eigenvalue weighted by atomic mass is 32.1. The summed E-state index contributed by atoms with van der Waals surface area (Å²) < 4.78 is 18.8. The van der Waals surface area contributed by atoms with Crippen molar-refractivity contribution in [1.29, 1.82) is 0 Å². The van der Waals surface area contributed by atoms with Crippen molar-refractivity contribution >= 4 is 17.2 Å². The van der Waals surface area contributed by atoms with E-state index < -0.39 is 0 Å². The second-order valence-corrected chi connectivity index (χ2v) is 8.78. The van der Waals surface area contributed by atoms with Crippen LogP contribution in [-0.2, 0) is 5.41 Å². The van der Waals surface area contributed by atoms with Gasteiger partial charge in [0.1, 0.15) is 11.5 Å². The first-order chi connectivity index (χ1) is 14.1. The Hall–Kier alpha value is -2.61. The molecular formula is C21H21FN4O2S. The predicted octanol–water partition coefficient (Wildman–Crippen LogP) is 4.31. The maximum Gasteiger partial charge on any atom is 0.273 e. The predicted molar refractivity (Wildman–Crippen MR) is 106 cm³/mol. The lowest BCUT2D eigenvalue weighted by Gasteiger charge is -2.41. The van der Waals surface area contributed by atoms with Crippen LogP contribution in [0.2, 0.25) is 0 Å². The Kier molecular flexibility index (Phi) is 4.66. The fourth-order valence-corrected chi connectivity index (χ4v) is 4.77. The number of piperidine rings is 1. The maximum atomic E-state index is 13.2. The molecule has 2 aromatic heterocycles. The van der Waals surface area contributed by atoms with E-state index in [4.69, 9.17) is 9.51 Å². The number of hydrogen-bond donors (Lipinski definition) is 0. The third kappa shape index (κ3) is 3.69. The number of amides is 1. The van der Waals surface area contributed by atoms with Crippen LogP contribution >= 0.6 is 11.3 Å². The van der Waals surface area contributed by atoms with E-state index in [2.05, 4.69) is 10.1 Å². The van der Waals surface area contributed by atoms with Crippen LogP contribution in [-0.4, -0.2) is 39.0 Å². The Bertz CT molecular complexity index is 1000. The third-order valence-corrected chi connectivity index (χ3v) is 6.47. The molecule has 1 aromatic carbocycles. The topological polar surface area (TPSA) is 72.1 Å². The van der Waals surface area contributed by atoms with Crippen molar-refractivity contribution in [1.82, 2.24) is 20.0 Å². The number of hydrogen-bond acceptors (Lipinski definition) is 6. The average Bonchev–Trinajstić information content (AvgIpc) is 3.21. The minimum atomic E-state index is -0.313. The summed E-state index contributed by atoms with van der Waals surface area (Å²) in [7, 11) is 0. The van der Waals surface area contributed by atoms with Crippen LogP contribution in [0.4, 0.5) is 4.39 Å². The van der Waals surface area contributed by atoms with Gasteiger partial charge in [0, 0.05) is 24.0 Å². The van der Waals surface area contributed by atoms with E-state index in [1.807, 2.05) is 4.90 Å². The van der Waals surface area contributed by atoms with Gasteiger partial charge in [-0.25, -0.2) is 9.37 Å². The van der Waals surface area contributed by atoms with Crippen LogP contribution in [0.1, 0.15) is 48.4 Å². The maximum absolute atomic E-state index is 13.2. The summed E-state index contributed by atoms with van der Waals surface area (Å²) in [4.78, 5) is 23.7. The zero-order chi connectivity index (χ0) is 19.8. The number of carbonyl (C=O) groups is 1. The Balaban J connectivity index is 1.45. The van der Waals surface area contributed by atoms with Crippen LogP contribution in [0.15, 0.2) is 39.7 Å². The van der Waals surface area contributed by atoms with Gasteiger partial charge >= 0.3 is 0 Å².